The summed E-state index contributed by atoms with van der Waals surface area (Å²) in [6, 6.07) is 7.66. The molecular weight excluding hydrogens is 202 g/mol. The lowest BCUT2D eigenvalue weighted by Gasteiger charge is -2.15. The van der Waals surface area contributed by atoms with Crippen LogP contribution in [0.25, 0.3) is 0 Å². The van der Waals surface area contributed by atoms with Crippen molar-refractivity contribution in [2.45, 2.75) is 6.42 Å². The van der Waals surface area contributed by atoms with Crippen LogP contribution in [0.1, 0.15) is 6.42 Å². The van der Waals surface area contributed by atoms with Gasteiger partial charge in [0, 0.05) is 6.54 Å². The molecule has 2 rings (SSSR count). The number of benzene rings is 1. The molecule has 1 aromatic rings. The van der Waals surface area contributed by atoms with Gasteiger partial charge in [0.15, 0.2) is 0 Å². The number of hydrogen-bond acceptors (Lipinski definition) is 3. The largest absolute Gasteiger partial charge is 0.497 e. The molecule has 1 aromatic carbocycles. The topological polar surface area (TPSA) is 30.5 Å². The van der Waals surface area contributed by atoms with Gasteiger partial charge in [-0.05, 0) is 42.8 Å². The number of methoxy groups -OCH3 is 1. The highest BCUT2D eigenvalue weighted by atomic mass is 16.5. The predicted molar refractivity (Wildman–Crippen MR) is 64.1 cm³/mol. The minimum absolute atomic E-state index is 0.666. The van der Waals surface area contributed by atoms with Crippen LogP contribution in [0.2, 0.25) is 0 Å². The Bertz CT molecular complexity index is 357. The van der Waals surface area contributed by atoms with Crippen LogP contribution in [0.4, 0.5) is 0 Å². The third-order valence-electron chi connectivity index (χ3n) is 2.59. The highest BCUT2D eigenvalue weighted by Gasteiger charge is 2.03. The van der Waals surface area contributed by atoms with E-state index in [2.05, 4.69) is 11.4 Å². The van der Waals surface area contributed by atoms with E-state index in [0.29, 0.717) is 6.61 Å². The molecule has 0 aromatic heterocycles. The quantitative estimate of drug-likeness (QED) is 0.786. The molecule has 1 aliphatic heterocycles. The van der Waals surface area contributed by atoms with E-state index in [-0.39, 0.29) is 0 Å². The number of nitrogens with one attached hydrogen (secondary N) is 1. The fourth-order valence-corrected chi connectivity index (χ4v) is 1.66. The van der Waals surface area contributed by atoms with E-state index in [1.807, 2.05) is 24.3 Å². The Morgan fingerprint density at radius 2 is 1.94 bits per heavy atom. The maximum Gasteiger partial charge on any atom is 0.120 e. The van der Waals surface area contributed by atoms with Gasteiger partial charge in [-0.25, -0.2) is 0 Å². The number of hydrogen-bond donors (Lipinski definition) is 1. The molecule has 0 amide bonds. The van der Waals surface area contributed by atoms with Crippen molar-refractivity contribution in [3.63, 3.8) is 0 Å². The van der Waals surface area contributed by atoms with Crippen LogP contribution in [0.3, 0.4) is 0 Å². The molecule has 86 valence electrons. The van der Waals surface area contributed by atoms with Gasteiger partial charge >= 0.3 is 0 Å². The van der Waals surface area contributed by atoms with Crippen LogP contribution >= 0.6 is 0 Å². The minimum atomic E-state index is 0.666. The van der Waals surface area contributed by atoms with Crippen molar-refractivity contribution in [3.8, 4) is 11.5 Å². The maximum atomic E-state index is 5.68. The molecule has 0 aliphatic carbocycles. The molecular formula is C13H17NO2. The summed E-state index contributed by atoms with van der Waals surface area (Å²) in [6.45, 7) is 2.68. The van der Waals surface area contributed by atoms with Crippen molar-refractivity contribution >= 4 is 0 Å². The Balaban J connectivity index is 1.86. The Hall–Kier alpha value is -1.48. The maximum absolute atomic E-state index is 5.68. The predicted octanol–water partition coefficient (Wildman–Crippen LogP) is 1.99. The van der Waals surface area contributed by atoms with Gasteiger partial charge in [-0.15, -0.1) is 0 Å². The van der Waals surface area contributed by atoms with Crippen molar-refractivity contribution < 1.29 is 9.47 Å². The molecule has 16 heavy (non-hydrogen) atoms. The molecule has 0 saturated heterocycles. The zero-order chi connectivity index (χ0) is 11.2. The second-order valence-electron chi connectivity index (χ2n) is 3.79. The molecule has 0 unspecified atom stereocenters. The van der Waals surface area contributed by atoms with Crippen LogP contribution in [-0.2, 0) is 0 Å². The molecule has 3 heteroatoms. The Labute approximate surface area is 96.1 Å². The lowest BCUT2D eigenvalue weighted by atomic mass is 10.2. The fourth-order valence-electron chi connectivity index (χ4n) is 1.66. The zero-order valence-corrected chi connectivity index (χ0v) is 9.53. The van der Waals surface area contributed by atoms with Gasteiger partial charge < -0.3 is 14.8 Å². The van der Waals surface area contributed by atoms with Gasteiger partial charge in [-0.1, -0.05) is 6.08 Å². The van der Waals surface area contributed by atoms with Crippen LogP contribution in [0, 0.1) is 0 Å². The van der Waals surface area contributed by atoms with E-state index in [1.165, 1.54) is 5.57 Å². The summed E-state index contributed by atoms with van der Waals surface area (Å²) in [6.07, 6.45) is 3.35. The summed E-state index contributed by atoms with van der Waals surface area (Å²) in [5, 5.41) is 3.32. The minimum Gasteiger partial charge on any atom is -0.497 e. The standard InChI is InChI=1S/C13H17NO2/c1-15-12-4-6-13(7-5-12)16-10-11-3-2-8-14-9-11/h3-7,14H,2,8-10H2,1H3. The molecule has 0 radical (unpaired) electrons. The lowest BCUT2D eigenvalue weighted by Crippen LogP contribution is -2.24. The summed E-state index contributed by atoms with van der Waals surface area (Å²) in [7, 11) is 1.66. The first-order chi connectivity index (χ1) is 7.88. The van der Waals surface area contributed by atoms with E-state index < -0.39 is 0 Å². The number of rotatable bonds is 4. The molecule has 0 saturated carbocycles. The average Bonchev–Trinajstić information content (AvgIpc) is 2.38. The molecule has 1 heterocycles. The van der Waals surface area contributed by atoms with Crippen molar-refractivity contribution in [3.05, 3.63) is 35.9 Å². The lowest BCUT2D eigenvalue weighted by molar-refractivity contribution is 0.344. The Kier molecular flexibility index (Phi) is 3.83. The summed E-state index contributed by atoms with van der Waals surface area (Å²) in [4.78, 5) is 0. The Morgan fingerprint density at radius 3 is 2.56 bits per heavy atom. The molecule has 0 fully saturated rings. The van der Waals surface area contributed by atoms with Gasteiger partial charge in [0.1, 0.15) is 18.1 Å². The number of ether oxygens (including phenoxy) is 2. The highest BCUT2D eigenvalue weighted by Crippen LogP contribution is 2.17. The highest BCUT2D eigenvalue weighted by molar-refractivity contribution is 5.31. The summed E-state index contributed by atoms with van der Waals surface area (Å²) in [5.41, 5.74) is 1.32. The molecule has 3 nitrogen and oxygen atoms in total. The van der Waals surface area contributed by atoms with Gasteiger partial charge in [-0.2, -0.15) is 0 Å². The first kappa shape index (κ1) is 11.0. The molecule has 0 atom stereocenters. The van der Waals surface area contributed by atoms with E-state index in [4.69, 9.17) is 9.47 Å². The fraction of sp³-hybridized carbons (Fsp3) is 0.385. The van der Waals surface area contributed by atoms with Crippen LogP contribution in [-0.4, -0.2) is 26.8 Å². The Morgan fingerprint density at radius 1 is 1.19 bits per heavy atom. The van der Waals surface area contributed by atoms with Crippen LogP contribution < -0.4 is 14.8 Å². The third kappa shape index (κ3) is 3.00. The first-order valence-electron chi connectivity index (χ1n) is 5.54. The van der Waals surface area contributed by atoms with E-state index in [9.17, 15) is 0 Å². The molecule has 0 bridgehead atoms. The van der Waals surface area contributed by atoms with Gasteiger partial charge in [0.25, 0.3) is 0 Å². The summed E-state index contributed by atoms with van der Waals surface area (Å²) >= 11 is 0. The van der Waals surface area contributed by atoms with E-state index in [1.54, 1.807) is 7.11 Å². The second kappa shape index (κ2) is 5.56. The normalized spacial score (nSPS) is 15.4. The van der Waals surface area contributed by atoms with Crippen molar-refractivity contribution in [1.29, 1.82) is 0 Å². The van der Waals surface area contributed by atoms with Gasteiger partial charge in [0.05, 0.1) is 7.11 Å². The molecule has 1 aliphatic rings. The van der Waals surface area contributed by atoms with Crippen molar-refractivity contribution in [1.82, 2.24) is 5.32 Å². The average molecular weight is 219 g/mol. The second-order valence-corrected chi connectivity index (χ2v) is 3.79. The molecule has 0 spiro atoms. The molecule has 1 N–H and O–H groups in total. The van der Waals surface area contributed by atoms with Crippen molar-refractivity contribution in [2.24, 2.45) is 0 Å². The zero-order valence-electron chi connectivity index (χ0n) is 9.53. The van der Waals surface area contributed by atoms with Gasteiger partial charge in [0.2, 0.25) is 0 Å². The third-order valence-corrected chi connectivity index (χ3v) is 2.59. The summed E-state index contributed by atoms with van der Waals surface area (Å²) < 4.78 is 10.8. The van der Waals surface area contributed by atoms with Crippen molar-refractivity contribution in [2.75, 3.05) is 26.8 Å². The van der Waals surface area contributed by atoms with E-state index in [0.717, 1.165) is 31.0 Å². The van der Waals surface area contributed by atoms with E-state index >= 15 is 0 Å². The SMILES string of the molecule is COc1ccc(OCC2=CCCNC2)cc1. The first-order valence-corrected chi connectivity index (χ1v) is 5.54. The van der Waals surface area contributed by atoms with Crippen LogP contribution in [0.15, 0.2) is 35.9 Å². The summed E-state index contributed by atoms with van der Waals surface area (Å²) in [5.74, 6) is 1.73. The van der Waals surface area contributed by atoms with Gasteiger partial charge in [-0.3, -0.25) is 0 Å². The van der Waals surface area contributed by atoms with Crippen LogP contribution in [0.5, 0.6) is 11.5 Å². The smallest absolute Gasteiger partial charge is 0.120 e. The monoisotopic (exact) mass is 219 g/mol.